The van der Waals surface area contributed by atoms with Crippen molar-refractivity contribution >= 4 is 5.69 Å². The Morgan fingerprint density at radius 2 is 2.12 bits per heavy atom. The molecule has 0 aliphatic rings. The fraction of sp³-hybridized carbons (Fsp3) is 0.462. The highest BCUT2D eigenvalue weighted by molar-refractivity contribution is 5.57. The van der Waals surface area contributed by atoms with Crippen LogP contribution in [0.5, 0.6) is 0 Å². The minimum atomic E-state index is -0.378. The minimum absolute atomic E-state index is 0.168. The molecule has 0 aliphatic heterocycles. The fourth-order valence-electron chi connectivity index (χ4n) is 1.22. The zero-order valence-electron chi connectivity index (χ0n) is 9.97. The van der Waals surface area contributed by atoms with Crippen LogP contribution < -0.4 is 5.32 Å². The number of rotatable bonds is 4. The van der Waals surface area contributed by atoms with E-state index in [9.17, 15) is 4.39 Å². The van der Waals surface area contributed by atoms with Gasteiger partial charge in [-0.15, -0.1) is 0 Å². The van der Waals surface area contributed by atoms with E-state index < -0.39 is 0 Å². The quantitative estimate of drug-likeness (QED) is 0.842. The standard InChI is InChI=1S/C13H17FN2/c1-4-13(2,3)9-16-12-6-5-11(14)7-10(12)8-15/h5-7,16H,4,9H2,1-3H3. The third-order valence-corrected chi connectivity index (χ3v) is 2.82. The summed E-state index contributed by atoms with van der Waals surface area (Å²) in [5.41, 5.74) is 1.22. The summed E-state index contributed by atoms with van der Waals surface area (Å²) in [6.45, 7) is 7.19. The van der Waals surface area contributed by atoms with Gasteiger partial charge in [0.2, 0.25) is 0 Å². The highest BCUT2D eigenvalue weighted by atomic mass is 19.1. The van der Waals surface area contributed by atoms with Crippen LogP contribution in [0, 0.1) is 22.6 Å². The van der Waals surface area contributed by atoms with Gasteiger partial charge in [-0.05, 0) is 30.0 Å². The molecule has 0 radical (unpaired) electrons. The zero-order chi connectivity index (χ0) is 12.2. The van der Waals surface area contributed by atoms with Crippen LogP contribution in [0.2, 0.25) is 0 Å². The molecule has 3 heteroatoms. The van der Waals surface area contributed by atoms with Crippen LogP contribution in [0.1, 0.15) is 32.8 Å². The van der Waals surface area contributed by atoms with Gasteiger partial charge in [-0.25, -0.2) is 4.39 Å². The molecule has 0 atom stereocenters. The van der Waals surface area contributed by atoms with E-state index in [1.165, 1.54) is 12.1 Å². The first-order valence-corrected chi connectivity index (χ1v) is 5.42. The van der Waals surface area contributed by atoms with Gasteiger partial charge in [0.15, 0.2) is 0 Å². The van der Waals surface area contributed by atoms with Gasteiger partial charge in [0.25, 0.3) is 0 Å². The van der Waals surface area contributed by atoms with Crippen LogP contribution in [0.4, 0.5) is 10.1 Å². The van der Waals surface area contributed by atoms with Crippen LogP contribution in [-0.2, 0) is 0 Å². The molecule has 0 aliphatic carbocycles. The van der Waals surface area contributed by atoms with E-state index >= 15 is 0 Å². The van der Waals surface area contributed by atoms with Gasteiger partial charge in [-0.1, -0.05) is 20.8 Å². The molecule has 0 heterocycles. The molecule has 86 valence electrons. The third-order valence-electron chi connectivity index (χ3n) is 2.82. The van der Waals surface area contributed by atoms with E-state index in [0.717, 1.165) is 13.0 Å². The van der Waals surface area contributed by atoms with Gasteiger partial charge in [0, 0.05) is 6.54 Å². The largest absolute Gasteiger partial charge is 0.383 e. The first-order valence-electron chi connectivity index (χ1n) is 5.42. The molecule has 1 rings (SSSR count). The minimum Gasteiger partial charge on any atom is -0.383 e. The molecule has 0 spiro atoms. The average Bonchev–Trinajstić information content (AvgIpc) is 2.27. The van der Waals surface area contributed by atoms with Gasteiger partial charge < -0.3 is 5.32 Å². The van der Waals surface area contributed by atoms with Crippen molar-refractivity contribution in [2.24, 2.45) is 5.41 Å². The zero-order valence-corrected chi connectivity index (χ0v) is 9.97. The van der Waals surface area contributed by atoms with Crippen molar-refractivity contribution in [3.8, 4) is 6.07 Å². The first-order chi connectivity index (χ1) is 7.48. The second kappa shape index (κ2) is 4.98. The van der Waals surface area contributed by atoms with E-state index in [4.69, 9.17) is 5.26 Å². The SMILES string of the molecule is CCC(C)(C)CNc1ccc(F)cc1C#N. The summed E-state index contributed by atoms with van der Waals surface area (Å²) in [4.78, 5) is 0. The van der Waals surface area contributed by atoms with Gasteiger partial charge in [0.05, 0.1) is 11.3 Å². The van der Waals surface area contributed by atoms with Crippen LogP contribution in [0.25, 0.3) is 0 Å². The van der Waals surface area contributed by atoms with Gasteiger partial charge in [-0.2, -0.15) is 5.26 Å². The predicted molar refractivity (Wildman–Crippen MR) is 63.7 cm³/mol. The molecule has 1 N–H and O–H groups in total. The van der Waals surface area contributed by atoms with Gasteiger partial charge >= 0.3 is 0 Å². The summed E-state index contributed by atoms with van der Waals surface area (Å²) in [5.74, 6) is -0.378. The Balaban J connectivity index is 2.79. The number of anilines is 1. The van der Waals surface area contributed by atoms with Crippen LogP contribution >= 0.6 is 0 Å². The molecule has 0 fully saturated rings. The second-order valence-corrected chi connectivity index (χ2v) is 4.67. The van der Waals surface area contributed by atoms with E-state index in [2.05, 4.69) is 26.1 Å². The Hall–Kier alpha value is -1.56. The number of nitrogens with one attached hydrogen (secondary N) is 1. The van der Waals surface area contributed by atoms with Gasteiger partial charge in [0.1, 0.15) is 11.9 Å². The van der Waals surface area contributed by atoms with Crippen molar-refractivity contribution in [1.29, 1.82) is 5.26 Å². The van der Waals surface area contributed by atoms with Gasteiger partial charge in [-0.3, -0.25) is 0 Å². The fourth-order valence-corrected chi connectivity index (χ4v) is 1.22. The maximum atomic E-state index is 12.9. The smallest absolute Gasteiger partial charge is 0.124 e. The number of hydrogen-bond acceptors (Lipinski definition) is 2. The molecule has 2 nitrogen and oxygen atoms in total. The topological polar surface area (TPSA) is 35.8 Å². The lowest BCUT2D eigenvalue weighted by atomic mass is 9.90. The molecule has 0 saturated carbocycles. The monoisotopic (exact) mass is 220 g/mol. The number of halogens is 1. The summed E-state index contributed by atoms with van der Waals surface area (Å²) < 4.78 is 12.9. The highest BCUT2D eigenvalue weighted by Crippen LogP contribution is 2.22. The first kappa shape index (κ1) is 12.5. The molecule has 0 bridgehead atoms. The van der Waals surface area contributed by atoms with E-state index in [-0.39, 0.29) is 11.2 Å². The molecule has 1 aromatic carbocycles. The van der Waals surface area contributed by atoms with Crippen molar-refractivity contribution < 1.29 is 4.39 Å². The number of nitrogens with zero attached hydrogens (tertiary/aromatic N) is 1. The maximum Gasteiger partial charge on any atom is 0.124 e. The number of hydrogen-bond donors (Lipinski definition) is 1. The lowest BCUT2D eigenvalue weighted by Gasteiger charge is -2.23. The van der Waals surface area contributed by atoms with E-state index in [1.807, 2.05) is 6.07 Å². The molecule has 0 amide bonds. The Morgan fingerprint density at radius 3 is 2.69 bits per heavy atom. The Morgan fingerprint density at radius 1 is 1.44 bits per heavy atom. The maximum absolute atomic E-state index is 12.9. The van der Waals surface area contributed by atoms with Crippen molar-refractivity contribution in [1.82, 2.24) is 0 Å². The molecular formula is C13H17FN2. The second-order valence-electron chi connectivity index (χ2n) is 4.67. The van der Waals surface area contributed by atoms with Crippen LogP contribution in [0.3, 0.4) is 0 Å². The Kier molecular flexibility index (Phi) is 3.89. The molecule has 0 saturated heterocycles. The molecular weight excluding hydrogens is 203 g/mol. The van der Waals surface area contributed by atoms with Crippen molar-refractivity contribution in [2.75, 3.05) is 11.9 Å². The molecule has 16 heavy (non-hydrogen) atoms. The highest BCUT2D eigenvalue weighted by Gasteiger charge is 2.15. The van der Waals surface area contributed by atoms with Crippen molar-refractivity contribution in [2.45, 2.75) is 27.2 Å². The third kappa shape index (κ3) is 3.23. The van der Waals surface area contributed by atoms with Crippen LogP contribution in [0.15, 0.2) is 18.2 Å². The van der Waals surface area contributed by atoms with Crippen LogP contribution in [-0.4, -0.2) is 6.54 Å². The molecule has 1 aromatic rings. The Bertz CT molecular complexity index is 405. The summed E-state index contributed by atoms with van der Waals surface area (Å²) in [6, 6.07) is 6.21. The number of benzene rings is 1. The van der Waals surface area contributed by atoms with E-state index in [0.29, 0.717) is 11.3 Å². The summed E-state index contributed by atoms with van der Waals surface area (Å²) in [6.07, 6.45) is 1.04. The number of nitriles is 1. The molecule has 0 unspecified atom stereocenters. The summed E-state index contributed by atoms with van der Waals surface area (Å²) >= 11 is 0. The normalized spacial score (nSPS) is 10.9. The summed E-state index contributed by atoms with van der Waals surface area (Å²) in [5, 5.41) is 12.1. The summed E-state index contributed by atoms with van der Waals surface area (Å²) in [7, 11) is 0. The van der Waals surface area contributed by atoms with E-state index in [1.54, 1.807) is 6.07 Å². The molecule has 0 aromatic heterocycles. The average molecular weight is 220 g/mol. The lowest BCUT2D eigenvalue weighted by Crippen LogP contribution is -2.22. The van der Waals surface area contributed by atoms with Crippen molar-refractivity contribution in [3.05, 3.63) is 29.6 Å². The van der Waals surface area contributed by atoms with Crippen molar-refractivity contribution in [3.63, 3.8) is 0 Å². The lowest BCUT2D eigenvalue weighted by molar-refractivity contribution is 0.377. The Labute approximate surface area is 96.1 Å². The predicted octanol–water partition coefficient (Wildman–Crippen LogP) is 3.55.